The number of ether oxygens (including phenoxy) is 2. The van der Waals surface area contributed by atoms with Crippen molar-refractivity contribution in [1.82, 2.24) is 10.3 Å². The Kier molecular flexibility index (Phi) is 6.11. The fourth-order valence-corrected chi connectivity index (χ4v) is 3.35. The zero-order chi connectivity index (χ0) is 22.5. The maximum atomic E-state index is 12.4. The number of carbonyl (C=O) groups is 2. The van der Waals surface area contributed by atoms with Crippen molar-refractivity contribution in [1.29, 1.82) is 0 Å². The molecule has 4 rings (SSSR count). The van der Waals surface area contributed by atoms with E-state index in [4.69, 9.17) is 9.47 Å². The van der Waals surface area contributed by atoms with E-state index in [9.17, 15) is 19.7 Å². The van der Waals surface area contributed by atoms with Crippen molar-refractivity contribution >= 4 is 34.1 Å². The molecule has 0 radical (unpaired) electrons. The topological polar surface area (TPSA) is 124 Å². The number of nitro groups is 1. The highest BCUT2D eigenvalue weighted by Gasteiger charge is 2.29. The Hall–Kier alpha value is -4.21. The van der Waals surface area contributed by atoms with Gasteiger partial charge in [0.2, 0.25) is 5.91 Å². The number of nitrogens with one attached hydrogen (secondary N) is 1. The van der Waals surface area contributed by atoms with Gasteiger partial charge in [-0.05, 0) is 24.6 Å². The number of amides is 2. The first-order chi connectivity index (χ1) is 15.5. The number of carbonyl (C=O) groups excluding carboxylic acids is 2. The highest BCUT2D eigenvalue weighted by molar-refractivity contribution is 6.02. The van der Waals surface area contributed by atoms with E-state index in [1.54, 1.807) is 6.20 Å². The number of anilines is 1. The summed E-state index contributed by atoms with van der Waals surface area (Å²) in [7, 11) is 0. The van der Waals surface area contributed by atoms with Gasteiger partial charge >= 0.3 is 0 Å². The molecule has 0 saturated carbocycles. The average Bonchev–Trinajstić information content (AvgIpc) is 2.80. The van der Waals surface area contributed by atoms with Gasteiger partial charge in [-0.25, -0.2) is 0 Å². The molecule has 0 fully saturated rings. The quantitative estimate of drug-likeness (QED) is 0.327. The lowest BCUT2D eigenvalue weighted by Crippen LogP contribution is -2.45. The summed E-state index contributed by atoms with van der Waals surface area (Å²) in [4.78, 5) is 40.6. The lowest BCUT2D eigenvalue weighted by molar-refractivity contribution is -0.384. The maximum absolute atomic E-state index is 12.4. The summed E-state index contributed by atoms with van der Waals surface area (Å²) in [6.07, 6.45) is 2.25. The van der Waals surface area contributed by atoms with Crippen LogP contribution >= 0.6 is 0 Å². The molecule has 1 aliphatic rings. The molecule has 2 heterocycles. The van der Waals surface area contributed by atoms with Crippen LogP contribution in [0.1, 0.15) is 6.42 Å². The highest BCUT2D eigenvalue weighted by Crippen LogP contribution is 2.35. The number of para-hydroxylation sites is 1. The Morgan fingerprint density at radius 1 is 1.25 bits per heavy atom. The minimum absolute atomic E-state index is 0.187. The largest absolute Gasteiger partial charge is 0.491 e. The van der Waals surface area contributed by atoms with Gasteiger partial charge in [0.1, 0.15) is 23.6 Å². The minimum Gasteiger partial charge on any atom is -0.491 e. The van der Waals surface area contributed by atoms with Crippen LogP contribution in [-0.4, -0.2) is 48.0 Å². The first-order valence-corrected chi connectivity index (χ1v) is 9.98. The second kappa shape index (κ2) is 9.29. The molecule has 3 aromatic rings. The van der Waals surface area contributed by atoms with Crippen LogP contribution in [0.4, 0.5) is 11.4 Å². The second-order valence-electron chi connectivity index (χ2n) is 7.06. The van der Waals surface area contributed by atoms with Gasteiger partial charge < -0.3 is 14.8 Å². The number of aromatic nitrogens is 1. The molecule has 2 amide bonds. The van der Waals surface area contributed by atoms with Crippen LogP contribution in [0.25, 0.3) is 10.9 Å². The Bertz CT molecular complexity index is 1180. The van der Waals surface area contributed by atoms with E-state index in [0.29, 0.717) is 31.1 Å². The Morgan fingerprint density at radius 2 is 2.09 bits per heavy atom. The first kappa shape index (κ1) is 21.0. The fourth-order valence-electron chi connectivity index (χ4n) is 3.35. The molecular weight excluding hydrogens is 416 g/mol. The highest BCUT2D eigenvalue weighted by atomic mass is 16.6. The van der Waals surface area contributed by atoms with E-state index in [-0.39, 0.29) is 30.4 Å². The van der Waals surface area contributed by atoms with Crippen molar-refractivity contribution in [3.63, 3.8) is 0 Å². The Labute approximate surface area is 182 Å². The number of hydrogen-bond donors (Lipinski definition) is 1. The standard InChI is InChI=1S/C22H20N4O6/c27-20(13-25-17-12-16(26(29)30)7-8-18(17)32-14-21(25)28)23-10-3-11-31-19-6-1-4-15-5-2-9-24-22(15)19/h1-2,4-9,12H,3,10-11,13-14H2,(H,23,27). The van der Waals surface area contributed by atoms with Crippen molar-refractivity contribution in [3.8, 4) is 11.5 Å². The van der Waals surface area contributed by atoms with Crippen LogP contribution < -0.4 is 19.7 Å². The molecule has 0 spiro atoms. The number of nitrogens with zero attached hydrogens (tertiary/aromatic N) is 3. The van der Waals surface area contributed by atoms with Gasteiger partial charge in [0.25, 0.3) is 11.6 Å². The number of fused-ring (bicyclic) bond motifs is 2. The van der Waals surface area contributed by atoms with Crippen molar-refractivity contribution in [2.45, 2.75) is 6.42 Å². The van der Waals surface area contributed by atoms with Crippen LogP contribution in [0, 0.1) is 10.1 Å². The smallest absolute Gasteiger partial charge is 0.271 e. The predicted molar refractivity (Wildman–Crippen MR) is 116 cm³/mol. The van der Waals surface area contributed by atoms with Crippen molar-refractivity contribution in [3.05, 3.63) is 64.8 Å². The van der Waals surface area contributed by atoms with Crippen LogP contribution in [-0.2, 0) is 9.59 Å². The van der Waals surface area contributed by atoms with Gasteiger partial charge in [-0.2, -0.15) is 0 Å². The summed E-state index contributed by atoms with van der Waals surface area (Å²) in [5, 5.41) is 14.8. The molecule has 0 saturated heterocycles. The third-order valence-corrected chi connectivity index (χ3v) is 4.89. The fraction of sp³-hybridized carbons (Fsp3) is 0.227. The lowest BCUT2D eigenvalue weighted by Gasteiger charge is -2.28. The monoisotopic (exact) mass is 436 g/mol. The van der Waals surface area contributed by atoms with E-state index in [2.05, 4.69) is 10.3 Å². The normalized spacial score (nSPS) is 12.8. The molecule has 0 bridgehead atoms. The van der Waals surface area contributed by atoms with Gasteiger partial charge in [0.15, 0.2) is 6.61 Å². The zero-order valence-electron chi connectivity index (χ0n) is 17.0. The molecule has 1 N–H and O–H groups in total. The average molecular weight is 436 g/mol. The van der Waals surface area contributed by atoms with Gasteiger partial charge in [0.05, 0.1) is 17.2 Å². The number of nitro benzene ring substituents is 1. The summed E-state index contributed by atoms with van der Waals surface area (Å²) >= 11 is 0. The van der Waals surface area contributed by atoms with Crippen LogP contribution in [0.3, 0.4) is 0 Å². The van der Waals surface area contributed by atoms with Crippen molar-refractivity contribution in [2.24, 2.45) is 0 Å². The molecule has 2 aromatic carbocycles. The van der Waals surface area contributed by atoms with Crippen molar-refractivity contribution in [2.75, 3.05) is 31.2 Å². The SMILES string of the molecule is O=C(CN1C(=O)COc2ccc([N+](=O)[O-])cc21)NCCCOc1cccc2cccnc12. The third-order valence-electron chi connectivity index (χ3n) is 4.89. The minimum atomic E-state index is -0.566. The molecule has 1 aliphatic heterocycles. The zero-order valence-corrected chi connectivity index (χ0v) is 17.0. The lowest BCUT2D eigenvalue weighted by atomic mass is 10.2. The number of pyridine rings is 1. The number of rotatable bonds is 8. The molecule has 164 valence electrons. The molecule has 1 aromatic heterocycles. The van der Waals surface area contributed by atoms with Gasteiger partial charge in [0, 0.05) is 30.3 Å². The summed E-state index contributed by atoms with van der Waals surface area (Å²) in [5.41, 5.74) is 0.794. The van der Waals surface area contributed by atoms with Crippen LogP contribution in [0.2, 0.25) is 0 Å². The van der Waals surface area contributed by atoms with E-state index in [0.717, 1.165) is 10.9 Å². The third kappa shape index (κ3) is 4.59. The molecule has 32 heavy (non-hydrogen) atoms. The van der Waals surface area contributed by atoms with Gasteiger partial charge in [-0.3, -0.25) is 29.6 Å². The molecule has 10 nitrogen and oxygen atoms in total. The Balaban J connectivity index is 1.29. The van der Waals surface area contributed by atoms with E-state index in [1.165, 1.54) is 23.1 Å². The number of non-ortho nitro benzene ring substituents is 1. The van der Waals surface area contributed by atoms with Gasteiger partial charge in [-0.15, -0.1) is 0 Å². The molecule has 0 atom stereocenters. The van der Waals surface area contributed by atoms with Crippen LogP contribution in [0.15, 0.2) is 54.7 Å². The summed E-state index contributed by atoms with van der Waals surface area (Å²) in [6, 6.07) is 13.4. The van der Waals surface area contributed by atoms with E-state index < -0.39 is 10.8 Å². The molecule has 0 unspecified atom stereocenters. The van der Waals surface area contributed by atoms with Gasteiger partial charge in [-0.1, -0.05) is 18.2 Å². The number of benzene rings is 2. The van der Waals surface area contributed by atoms with E-state index in [1.807, 2.05) is 30.3 Å². The summed E-state index contributed by atoms with van der Waals surface area (Å²) < 4.78 is 11.1. The van der Waals surface area contributed by atoms with Crippen molar-refractivity contribution < 1.29 is 24.0 Å². The maximum Gasteiger partial charge on any atom is 0.271 e. The second-order valence-corrected chi connectivity index (χ2v) is 7.06. The summed E-state index contributed by atoms with van der Waals surface area (Å²) in [5.74, 6) is 0.163. The van der Waals surface area contributed by atoms with Crippen LogP contribution in [0.5, 0.6) is 11.5 Å². The predicted octanol–water partition coefficient (Wildman–Crippen LogP) is 2.45. The van der Waals surface area contributed by atoms with E-state index >= 15 is 0 Å². The molecule has 0 aliphatic carbocycles. The molecular formula is C22H20N4O6. The summed E-state index contributed by atoms with van der Waals surface area (Å²) in [6.45, 7) is 0.230. The number of hydrogen-bond acceptors (Lipinski definition) is 7. The molecule has 10 heteroatoms. The first-order valence-electron chi connectivity index (χ1n) is 9.98. The Morgan fingerprint density at radius 3 is 2.94 bits per heavy atom.